The van der Waals surface area contributed by atoms with Crippen LogP contribution in [0.15, 0.2) is 0 Å². The first-order chi connectivity index (χ1) is 7.67. The van der Waals surface area contributed by atoms with Crippen LogP contribution in [0.2, 0.25) is 6.32 Å². The summed E-state index contributed by atoms with van der Waals surface area (Å²) in [6.45, 7) is 0.557. The maximum atomic E-state index is 11.3. The SMILES string of the molecule is O=C(O)C1(CCO)NCCC1CCC[B]O. The first kappa shape index (κ1) is 13.5. The Hall–Kier alpha value is -0.585. The van der Waals surface area contributed by atoms with E-state index in [1.807, 2.05) is 0 Å². The summed E-state index contributed by atoms with van der Waals surface area (Å²) in [5.41, 5.74) is -0.968. The molecule has 91 valence electrons. The lowest BCUT2D eigenvalue weighted by Gasteiger charge is -2.30. The van der Waals surface area contributed by atoms with Crippen LogP contribution < -0.4 is 5.32 Å². The fourth-order valence-electron chi connectivity index (χ4n) is 2.53. The van der Waals surface area contributed by atoms with Crippen molar-refractivity contribution in [3.8, 4) is 0 Å². The Kier molecular flexibility index (Phi) is 5.24. The molecule has 0 amide bonds. The first-order valence-electron chi connectivity index (χ1n) is 5.72. The lowest BCUT2D eigenvalue weighted by Crippen LogP contribution is -2.52. The summed E-state index contributed by atoms with van der Waals surface area (Å²) in [7, 11) is 1.11. The van der Waals surface area contributed by atoms with E-state index in [9.17, 15) is 9.90 Å². The van der Waals surface area contributed by atoms with Crippen molar-refractivity contribution in [3.05, 3.63) is 0 Å². The second-order valence-corrected chi connectivity index (χ2v) is 4.28. The number of aliphatic hydroxyl groups excluding tert-OH is 1. The third-order valence-electron chi connectivity index (χ3n) is 3.40. The molecule has 1 heterocycles. The topological polar surface area (TPSA) is 89.8 Å². The predicted molar refractivity (Wildman–Crippen MR) is 60.2 cm³/mol. The number of rotatable bonds is 7. The van der Waals surface area contributed by atoms with E-state index < -0.39 is 11.5 Å². The Bertz CT molecular complexity index is 239. The molecule has 1 rings (SSSR count). The molecule has 0 spiro atoms. The van der Waals surface area contributed by atoms with Crippen molar-refractivity contribution in [2.45, 2.75) is 37.5 Å². The number of hydrogen-bond donors (Lipinski definition) is 4. The Morgan fingerprint density at radius 1 is 1.56 bits per heavy atom. The van der Waals surface area contributed by atoms with E-state index in [-0.39, 0.29) is 18.9 Å². The highest BCUT2D eigenvalue weighted by molar-refractivity contribution is 6.25. The quantitative estimate of drug-likeness (QED) is 0.352. The van der Waals surface area contributed by atoms with Crippen molar-refractivity contribution in [1.82, 2.24) is 5.32 Å². The van der Waals surface area contributed by atoms with Crippen molar-refractivity contribution in [3.63, 3.8) is 0 Å². The zero-order chi connectivity index (χ0) is 12.0. The largest absolute Gasteiger partial charge is 0.480 e. The van der Waals surface area contributed by atoms with Gasteiger partial charge in [0.2, 0.25) is 0 Å². The number of aliphatic hydroxyl groups is 1. The van der Waals surface area contributed by atoms with Gasteiger partial charge in [-0.2, -0.15) is 0 Å². The average molecular weight is 228 g/mol. The minimum Gasteiger partial charge on any atom is -0.480 e. The van der Waals surface area contributed by atoms with Gasteiger partial charge in [0, 0.05) is 6.61 Å². The molecular formula is C10H19BNO4. The van der Waals surface area contributed by atoms with Gasteiger partial charge < -0.3 is 20.6 Å². The van der Waals surface area contributed by atoms with E-state index in [0.29, 0.717) is 12.9 Å². The molecule has 0 aromatic heterocycles. The summed E-state index contributed by atoms with van der Waals surface area (Å²) in [4.78, 5) is 11.3. The second kappa shape index (κ2) is 6.22. The van der Waals surface area contributed by atoms with Crippen molar-refractivity contribution in [2.75, 3.05) is 13.2 Å². The molecule has 0 aromatic rings. The van der Waals surface area contributed by atoms with Crippen LogP contribution in [0.3, 0.4) is 0 Å². The summed E-state index contributed by atoms with van der Waals surface area (Å²) < 4.78 is 0. The fraction of sp³-hybridized carbons (Fsp3) is 0.900. The van der Waals surface area contributed by atoms with E-state index in [2.05, 4.69) is 5.32 Å². The maximum absolute atomic E-state index is 11.3. The van der Waals surface area contributed by atoms with Crippen LogP contribution in [0.25, 0.3) is 0 Å². The van der Waals surface area contributed by atoms with Crippen molar-refractivity contribution in [1.29, 1.82) is 0 Å². The summed E-state index contributed by atoms with van der Waals surface area (Å²) in [5.74, 6) is -0.839. The van der Waals surface area contributed by atoms with Gasteiger partial charge in [-0.25, -0.2) is 0 Å². The lowest BCUT2D eigenvalue weighted by atomic mass is 9.78. The Morgan fingerprint density at radius 3 is 2.88 bits per heavy atom. The Balaban J connectivity index is 2.62. The summed E-state index contributed by atoms with van der Waals surface area (Å²) in [6.07, 6.45) is 3.19. The van der Waals surface area contributed by atoms with Crippen molar-refractivity contribution < 1.29 is 20.0 Å². The Morgan fingerprint density at radius 2 is 2.31 bits per heavy atom. The van der Waals surface area contributed by atoms with Crippen molar-refractivity contribution in [2.24, 2.45) is 5.92 Å². The summed E-state index contributed by atoms with van der Waals surface area (Å²) in [5, 5.41) is 29.9. The Labute approximate surface area is 96.1 Å². The van der Waals surface area contributed by atoms with Crippen molar-refractivity contribution >= 4 is 13.5 Å². The number of carboxylic acids is 1. The smallest absolute Gasteiger partial charge is 0.324 e. The van der Waals surface area contributed by atoms with Crippen LogP contribution in [0, 0.1) is 5.92 Å². The standard InChI is InChI=1S/C10H19BNO4/c13-7-4-10(9(14)15)8(3-6-12-10)2-1-5-11-16/h8,12-13,16H,1-7H2,(H,14,15). The third-order valence-corrected chi connectivity index (χ3v) is 3.40. The lowest BCUT2D eigenvalue weighted by molar-refractivity contribution is -0.147. The molecule has 4 N–H and O–H groups in total. The van der Waals surface area contributed by atoms with Gasteiger partial charge in [0.15, 0.2) is 0 Å². The molecule has 1 fully saturated rings. The first-order valence-corrected chi connectivity index (χ1v) is 5.72. The molecule has 0 saturated carbocycles. The molecule has 2 unspecified atom stereocenters. The molecule has 1 aliphatic rings. The molecule has 1 aliphatic heterocycles. The second-order valence-electron chi connectivity index (χ2n) is 4.28. The summed E-state index contributed by atoms with van der Waals surface area (Å²) >= 11 is 0. The average Bonchev–Trinajstić information content (AvgIpc) is 2.64. The normalized spacial score (nSPS) is 29.2. The number of nitrogens with one attached hydrogen (secondary N) is 1. The van der Waals surface area contributed by atoms with E-state index >= 15 is 0 Å². The predicted octanol–water partition coefficient (Wildman–Crippen LogP) is -0.388. The number of hydrogen-bond acceptors (Lipinski definition) is 4. The molecule has 16 heavy (non-hydrogen) atoms. The molecule has 5 nitrogen and oxygen atoms in total. The molecule has 0 bridgehead atoms. The fourth-order valence-corrected chi connectivity index (χ4v) is 2.53. The van der Waals surface area contributed by atoms with Gasteiger partial charge in [-0.05, 0) is 31.7 Å². The maximum Gasteiger partial charge on any atom is 0.324 e. The molecule has 6 heteroatoms. The van der Waals surface area contributed by atoms with Gasteiger partial charge in [-0.15, -0.1) is 0 Å². The van der Waals surface area contributed by atoms with Gasteiger partial charge in [0.1, 0.15) is 5.54 Å². The van der Waals surface area contributed by atoms with Crippen LogP contribution in [0.5, 0.6) is 0 Å². The molecule has 1 radical (unpaired) electrons. The number of carboxylic acid groups (broad SMARTS) is 1. The zero-order valence-electron chi connectivity index (χ0n) is 9.35. The molecule has 0 aliphatic carbocycles. The minimum atomic E-state index is -0.968. The van der Waals surface area contributed by atoms with Gasteiger partial charge in [-0.1, -0.05) is 12.7 Å². The molecule has 2 atom stereocenters. The van der Waals surface area contributed by atoms with E-state index in [0.717, 1.165) is 26.7 Å². The third kappa shape index (κ3) is 2.75. The zero-order valence-corrected chi connectivity index (χ0v) is 9.35. The molecule has 1 saturated heterocycles. The summed E-state index contributed by atoms with van der Waals surface area (Å²) in [6, 6.07) is 0. The highest BCUT2D eigenvalue weighted by atomic mass is 16.4. The number of carbonyl (C=O) groups is 1. The van der Waals surface area contributed by atoms with Crippen LogP contribution in [-0.4, -0.2) is 47.4 Å². The van der Waals surface area contributed by atoms with Gasteiger partial charge in [0.25, 0.3) is 7.48 Å². The molecule has 0 aromatic carbocycles. The van der Waals surface area contributed by atoms with Gasteiger partial charge in [0.05, 0.1) is 0 Å². The van der Waals surface area contributed by atoms with Crippen LogP contribution in [0.1, 0.15) is 25.7 Å². The highest BCUT2D eigenvalue weighted by Gasteiger charge is 2.47. The highest BCUT2D eigenvalue weighted by Crippen LogP contribution is 2.34. The van der Waals surface area contributed by atoms with Gasteiger partial charge >= 0.3 is 5.97 Å². The van der Waals surface area contributed by atoms with Crippen LogP contribution in [0.4, 0.5) is 0 Å². The van der Waals surface area contributed by atoms with E-state index in [1.54, 1.807) is 0 Å². The monoisotopic (exact) mass is 228 g/mol. The van der Waals surface area contributed by atoms with E-state index in [4.69, 9.17) is 10.1 Å². The minimum absolute atomic E-state index is 0.0390. The van der Waals surface area contributed by atoms with Crippen LogP contribution >= 0.6 is 0 Å². The van der Waals surface area contributed by atoms with Crippen LogP contribution in [-0.2, 0) is 4.79 Å². The molecular weight excluding hydrogens is 209 g/mol. The van der Waals surface area contributed by atoms with Gasteiger partial charge in [-0.3, -0.25) is 4.79 Å². The van der Waals surface area contributed by atoms with E-state index in [1.165, 1.54) is 0 Å². The number of aliphatic carboxylic acids is 1.